The van der Waals surface area contributed by atoms with Crippen molar-refractivity contribution < 1.29 is 4.42 Å². The molecule has 5 heteroatoms. The maximum absolute atomic E-state index is 7.27. The monoisotopic (exact) mass is 866 g/mol. The molecule has 3 aromatic heterocycles. The molecule has 65 heavy (non-hydrogen) atoms. The van der Waals surface area contributed by atoms with Gasteiger partial charge >= 0.3 is 0 Å². The van der Waals surface area contributed by atoms with Crippen LogP contribution < -0.4 is 4.90 Å². The predicted octanol–water partition coefficient (Wildman–Crippen LogP) is 17.4. The smallest absolute Gasteiger partial charge is 0.159 e. The van der Waals surface area contributed by atoms with E-state index in [1.807, 2.05) is 23.1 Å². The number of para-hydroxylation sites is 3. The second-order valence-electron chi connectivity index (χ2n) is 17.1. The van der Waals surface area contributed by atoms with Gasteiger partial charge in [-0.05, 0) is 101 Å². The summed E-state index contributed by atoms with van der Waals surface area (Å²) < 4.78 is 12.3. The first-order valence-corrected chi connectivity index (χ1v) is 23.9. The van der Waals surface area contributed by atoms with Gasteiger partial charge in [0.25, 0.3) is 0 Å². The van der Waals surface area contributed by atoms with Gasteiger partial charge in [-0.15, -0.1) is 23.1 Å². The first kappa shape index (κ1) is 36.9. The van der Waals surface area contributed by atoms with E-state index >= 15 is 0 Å². The van der Waals surface area contributed by atoms with Crippen molar-refractivity contribution in [2.75, 3.05) is 4.90 Å². The Morgan fingerprint density at radius 2 is 1.20 bits per heavy atom. The molecule has 9 aromatic carbocycles. The van der Waals surface area contributed by atoms with E-state index in [1.165, 1.54) is 58.3 Å². The molecule has 0 N–H and O–H groups in total. The summed E-state index contributed by atoms with van der Waals surface area (Å²) in [7, 11) is 0. The van der Waals surface area contributed by atoms with Crippen molar-refractivity contribution in [3.63, 3.8) is 0 Å². The summed E-state index contributed by atoms with van der Waals surface area (Å²) in [6.45, 7) is 0. The van der Waals surface area contributed by atoms with E-state index in [9.17, 15) is 0 Å². The number of hydrogen-bond donors (Lipinski definition) is 0. The summed E-state index contributed by atoms with van der Waals surface area (Å²) in [5, 5.41) is 7.47. The lowest BCUT2D eigenvalue weighted by Gasteiger charge is -2.28. The zero-order valence-corrected chi connectivity index (χ0v) is 36.7. The van der Waals surface area contributed by atoms with Gasteiger partial charge in [0.1, 0.15) is 5.58 Å². The Bertz CT molecular complexity index is 3930. The van der Waals surface area contributed by atoms with E-state index in [4.69, 9.17) is 4.42 Å². The normalized spacial score (nSPS) is 15.7. The number of nitrogens with zero attached hydrogens (tertiary/aromatic N) is 2. The fourth-order valence-electron chi connectivity index (χ4n) is 10.6. The lowest BCUT2D eigenvalue weighted by molar-refractivity contribution is 0.673. The molecule has 0 radical (unpaired) electrons. The molecular weight excluding hydrogens is 829 g/mol. The summed E-state index contributed by atoms with van der Waals surface area (Å²) >= 11 is 3.86. The minimum Gasteiger partial charge on any atom is -0.453 e. The predicted molar refractivity (Wildman–Crippen MR) is 277 cm³/mol. The van der Waals surface area contributed by atoms with Crippen LogP contribution in [0.3, 0.4) is 0 Å². The van der Waals surface area contributed by atoms with E-state index in [1.54, 1.807) is 0 Å². The third-order valence-corrected chi connectivity index (χ3v) is 16.2. The number of thiophene rings is 1. The Morgan fingerprint density at radius 3 is 2.08 bits per heavy atom. The van der Waals surface area contributed by atoms with Crippen LogP contribution in [0.1, 0.15) is 17.0 Å². The summed E-state index contributed by atoms with van der Waals surface area (Å²) in [6, 6.07) is 73.1. The zero-order chi connectivity index (χ0) is 42.6. The largest absolute Gasteiger partial charge is 0.453 e. The summed E-state index contributed by atoms with van der Waals surface area (Å²) in [5.41, 5.74) is 14.9. The standard InChI is InChI=1S/C60H38N2OS2/c1-2-13-39(14-3-1)62-51-23-7-4-17-50(51)56-52(62)36-35-47-46-20-12-24-53(57(46)63-58(47)56)61(40-31-27-37(28-32-40)42-18-10-21-48-44-15-5-8-25-54(44)64-59(42)48)41-33-29-38(30-34-41)43-19-11-22-49-45-16-6-9-26-55(45)65-60(43)49/h1-36,42,59H. The number of thioether (sulfide) groups is 1. The molecule has 0 bridgehead atoms. The number of aromatic nitrogens is 1. The number of anilines is 3. The van der Waals surface area contributed by atoms with E-state index in [0.717, 1.165) is 61.1 Å². The van der Waals surface area contributed by atoms with Crippen LogP contribution in [0, 0.1) is 0 Å². The molecule has 0 fully saturated rings. The molecule has 306 valence electrons. The number of hydrogen-bond acceptors (Lipinski definition) is 4. The Morgan fingerprint density at radius 1 is 0.508 bits per heavy atom. The fraction of sp³-hybridized carbons (Fsp3) is 0.0333. The van der Waals surface area contributed by atoms with Crippen molar-refractivity contribution in [2.45, 2.75) is 16.1 Å². The van der Waals surface area contributed by atoms with E-state index in [-0.39, 0.29) is 5.92 Å². The topological polar surface area (TPSA) is 21.3 Å². The third kappa shape index (κ3) is 5.62. The molecule has 4 heterocycles. The highest BCUT2D eigenvalue weighted by molar-refractivity contribution is 8.01. The molecule has 0 saturated heterocycles. The van der Waals surface area contributed by atoms with Gasteiger partial charge in [-0.1, -0.05) is 146 Å². The van der Waals surface area contributed by atoms with Crippen LogP contribution in [-0.4, -0.2) is 9.82 Å². The lowest BCUT2D eigenvalue weighted by Crippen LogP contribution is -2.15. The first-order chi connectivity index (χ1) is 32.2. The highest BCUT2D eigenvalue weighted by atomic mass is 32.2. The van der Waals surface area contributed by atoms with Crippen molar-refractivity contribution in [3.8, 4) is 16.8 Å². The molecule has 12 aromatic rings. The first-order valence-electron chi connectivity index (χ1n) is 22.2. The van der Waals surface area contributed by atoms with Crippen molar-refractivity contribution in [2.24, 2.45) is 0 Å². The zero-order valence-electron chi connectivity index (χ0n) is 35.1. The van der Waals surface area contributed by atoms with Gasteiger partial charge in [-0.2, -0.15) is 0 Å². The fourth-order valence-corrected chi connectivity index (χ4v) is 13.3. The second kappa shape index (κ2) is 14.5. The minimum absolute atomic E-state index is 0.269. The van der Waals surface area contributed by atoms with Crippen LogP contribution in [0.2, 0.25) is 0 Å². The number of fused-ring (bicyclic) bond motifs is 13. The van der Waals surface area contributed by atoms with Crippen molar-refractivity contribution in [1.82, 2.24) is 4.57 Å². The molecule has 2 atom stereocenters. The molecule has 1 aliphatic heterocycles. The molecule has 14 rings (SSSR count). The Hall–Kier alpha value is -7.57. The molecule has 0 amide bonds. The van der Waals surface area contributed by atoms with Gasteiger partial charge in [-0.3, -0.25) is 0 Å². The highest BCUT2D eigenvalue weighted by Gasteiger charge is 2.35. The van der Waals surface area contributed by atoms with Gasteiger partial charge in [-0.25, -0.2) is 0 Å². The van der Waals surface area contributed by atoms with Gasteiger partial charge in [0, 0.05) is 69.5 Å². The number of rotatable bonds is 6. The van der Waals surface area contributed by atoms with Crippen molar-refractivity contribution in [1.29, 1.82) is 0 Å². The molecule has 3 nitrogen and oxygen atoms in total. The molecule has 2 aliphatic rings. The number of allylic oxidation sites excluding steroid dienone is 3. The summed E-state index contributed by atoms with van der Waals surface area (Å²) in [5.74, 6) is 0.269. The Balaban J connectivity index is 0.933. The Labute approximate surface area is 383 Å². The summed E-state index contributed by atoms with van der Waals surface area (Å²) in [6.07, 6.45) is 6.93. The summed E-state index contributed by atoms with van der Waals surface area (Å²) in [4.78, 5) is 3.75. The minimum atomic E-state index is 0.269. The SMILES string of the molecule is C1=CC(c2ccc(N(c3ccc(-c4cccc5c4sc4ccccc45)cc3)c3cccc4c3oc3c4ccc4c3c3ccccc3n4-c3ccccc3)cc2)C2Sc3ccccc3C2=C1. The van der Waals surface area contributed by atoms with Crippen molar-refractivity contribution >= 4 is 110 Å². The molecule has 0 saturated carbocycles. The molecular formula is C60H38N2OS2. The van der Waals surface area contributed by atoms with Crippen molar-refractivity contribution in [3.05, 3.63) is 230 Å². The molecule has 2 unspecified atom stereocenters. The number of furan rings is 1. The van der Waals surface area contributed by atoms with Crippen LogP contribution in [0.4, 0.5) is 17.1 Å². The molecule has 1 aliphatic carbocycles. The van der Waals surface area contributed by atoms with Crippen LogP contribution in [0.25, 0.3) is 86.3 Å². The lowest BCUT2D eigenvalue weighted by atomic mass is 9.85. The quantitative estimate of drug-likeness (QED) is 0.166. The maximum Gasteiger partial charge on any atom is 0.159 e. The van der Waals surface area contributed by atoms with Gasteiger partial charge < -0.3 is 13.9 Å². The van der Waals surface area contributed by atoms with Crippen LogP contribution in [-0.2, 0) is 0 Å². The van der Waals surface area contributed by atoms with Crippen LogP contribution >= 0.6 is 23.1 Å². The number of benzene rings is 9. The van der Waals surface area contributed by atoms with Crippen LogP contribution in [0.15, 0.2) is 228 Å². The maximum atomic E-state index is 7.27. The van der Waals surface area contributed by atoms with Gasteiger partial charge in [0.05, 0.1) is 22.1 Å². The van der Waals surface area contributed by atoms with E-state index in [0.29, 0.717) is 5.25 Å². The average Bonchev–Trinajstić information content (AvgIpc) is 4.14. The van der Waals surface area contributed by atoms with Gasteiger partial charge in [0.15, 0.2) is 5.58 Å². The average molecular weight is 867 g/mol. The highest BCUT2D eigenvalue weighted by Crippen LogP contribution is 2.53. The molecule has 0 spiro atoms. The van der Waals surface area contributed by atoms with E-state index < -0.39 is 0 Å². The van der Waals surface area contributed by atoms with E-state index in [2.05, 4.69) is 228 Å². The van der Waals surface area contributed by atoms with Gasteiger partial charge in [0.2, 0.25) is 0 Å². The van der Waals surface area contributed by atoms with Crippen LogP contribution in [0.5, 0.6) is 0 Å². The third-order valence-electron chi connectivity index (χ3n) is 13.6. The Kier molecular flexibility index (Phi) is 8.21. The second-order valence-corrected chi connectivity index (χ2v) is 19.3.